The molecule has 2 N–H and O–H groups in total. The molecule has 0 saturated heterocycles. The third-order valence-corrected chi connectivity index (χ3v) is 2.83. The molecule has 0 atom stereocenters. The van der Waals surface area contributed by atoms with Crippen LogP contribution in [0.15, 0.2) is 35.4 Å². The van der Waals surface area contributed by atoms with E-state index in [1.807, 2.05) is 24.5 Å². The predicted molar refractivity (Wildman–Crippen MR) is 61.4 cm³/mol. The minimum atomic E-state index is 0.566. The average Bonchev–Trinajstić information content (AvgIpc) is 2.27. The highest BCUT2D eigenvalue weighted by Crippen LogP contribution is 2.22. The van der Waals surface area contributed by atoms with Gasteiger partial charge in [0.2, 0.25) is 0 Å². The summed E-state index contributed by atoms with van der Waals surface area (Å²) in [6.07, 6.45) is 2.03. The maximum atomic E-state index is 5.70. The van der Waals surface area contributed by atoms with Gasteiger partial charge in [-0.15, -0.1) is 11.8 Å². The molecule has 3 heteroatoms. The van der Waals surface area contributed by atoms with E-state index >= 15 is 0 Å². The van der Waals surface area contributed by atoms with Crippen LogP contribution in [0, 0.1) is 0 Å². The number of para-hydroxylation sites is 1. The largest absolute Gasteiger partial charge is 0.326 e. The van der Waals surface area contributed by atoms with Gasteiger partial charge < -0.3 is 5.73 Å². The molecule has 1 aromatic carbocycles. The molecule has 1 heterocycles. The van der Waals surface area contributed by atoms with Crippen molar-refractivity contribution in [3.8, 4) is 0 Å². The van der Waals surface area contributed by atoms with Crippen molar-refractivity contribution in [3.63, 3.8) is 0 Å². The number of fused-ring (bicyclic) bond motifs is 1. The van der Waals surface area contributed by atoms with E-state index < -0.39 is 0 Å². The molecule has 0 aliphatic heterocycles. The second-order valence-electron chi connectivity index (χ2n) is 3.05. The lowest BCUT2D eigenvalue weighted by molar-refractivity contribution is 1.05. The normalized spacial score (nSPS) is 10.7. The van der Waals surface area contributed by atoms with Gasteiger partial charge in [-0.1, -0.05) is 18.2 Å². The number of benzene rings is 1. The number of aromatic nitrogens is 1. The smallest absolute Gasteiger partial charge is 0.0968 e. The van der Waals surface area contributed by atoms with Crippen molar-refractivity contribution < 1.29 is 0 Å². The SMILES string of the molecule is CSc1cc(CN)c2ccccc2n1. The molecule has 2 nitrogen and oxygen atoms in total. The predicted octanol–water partition coefficient (Wildman–Crippen LogP) is 2.42. The zero-order valence-electron chi connectivity index (χ0n) is 8.03. The van der Waals surface area contributed by atoms with Crippen molar-refractivity contribution in [2.75, 3.05) is 6.26 Å². The highest BCUT2D eigenvalue weighted by atomic mass is 32.2. The summed E-state index contributed by atoms with van der Waals surface area (Å²) in [6, 6.07) is 10.2. The molecule has 1 aromatic heterocycles. The van der Waals surface area contributed by atoms with Crippen molar-refractivity contribution >= 4 is 22.7 Å². The molecule has 0 bridgehead atoms. The van der Waals surface area contributed by atoms with Crippen LogP contribution in [0.1, 0.15) is 5.56 Å². The van der Waals surface area contributed by atoms with Crippen LogP contribution in [0.2, 0.25) is 0 Å². The molecule has 2 rings (SSSR count). The van der Waals surface area contributed by atoms with Gasteiger partial charge in [0.05, 0.1) is 10.5 Å². The molecule has 0 aliphatic carbocycles. The van der Waals surface area contributed by atoms with E-state index in [1.54, 1.807) is 11.8 Å². The van der Waals surface area contributed by atoms with E-state index in [-0.39, 0.29) is 0 Å². The summed E-state index contributed by atoms with van der Waals surface area (Å²) in [5, 5.41) is 2.19. The molecular weight excluding hydrogens is 192 g/mol. The van der Waals surface area contributed by atoms with Gasteiger partial charge >= 0.3 is 0 Å². The first-order chi connectivity index (χ1) is 6.85. The van der Waals surface area contributed by atoms with E-state index in [4.69, 9.17) is 5.73 Å². The highest BCUT2D eigenvalue weighted by Gasteiger charge is 2.02. The molecule has 72 valence electrons. The molecule has 0 aliphatic rings. The Hall–Kier alpha value is -1.06. The topological polar surface area (TPSA) is 38.9 Å². The Morgan fingerprint density at radius 3 is 2.86 bits per heavy atom. The Morgan fingerprint density at radius 2 is 2.14 bits per heavy atom. The summed E-state index contributed by atoms with van der Waals surface area (Å²) >= 11 is 1.65. The molecule has 0 amide bonds. The quantitative estimate of drug-likeness (QED) is 0.763. The zero-order chi connectivity index (χ0) is 9.97. The Kier molecular flexibility index (Phi) is 2.70. The first kappa shape index (κ1) is 9.49. The standard InChI is InChI=1S/C11H12N2S/c1-14-11-6-8(7-12)9-4-2-3-5-10(9)13-11/h2-6H,7,12H2,1H3. The van der Waals surface area contributed by atoms with Crippen molar-refractivity contribution in [2.45, 2.75) is 11.6 Å². The van der Waals surface area contributed by atoms with Crippen molar-refractivity contribution in [3.05, 3.63) is 35.9 Å². The first-order valence-corrected chi connectivity index (χ1v) is 5.70. The van der Waals surface area contributed by atoms with Gasteiger partial charge in [-0.05, 0) is 24.0 Å². The van der Waals surface area contributed by atoms with Crippen LogP contribution in [0.3, 0.4) is 0 Å². The third-order valence-electron chi connectivity index (χ3n) is 2.21. The summed E-state index contributed by atoms with van der Waals surface area (Å²) in [4.78, 5) is 4.51. The van der Waals surface area contributed by atoms with E-state index in [2.05, 4.69) is 17.1 Å². The number of pyridine rings is 1. The van der Waals surface area contributed by atoms with Crippen LogP contribution in [0.25, 0.3) is 10.9 Å². The number of hydrogen-bond donors (Lipinski definition) is 1. The van der Waals surface area contributed by atoms with Gasteiger partial charge in [-0.3, -0.25) is 0 Å². The maximum Gasteiger partial charge on any atom is 0.0968 e. The minimum Gasteiger partial charge on any atom is -0.326 e. The van der Waals surface area contributed by atoms with Crippen molar-refractivity contribution in [1.82, 2.24) is 4.98 Å². The maximum absolute atomic E-state index is 5.70. The molecule has 0 unspecified atom stereocenters. The Balaban J connectivity index is 2.73. The van der Waals surface area contributed by atoms with Gasteiger partial charge in [0.15, 0.2) is 0 Å². The second kappa shape index (κ2) is 3.98. The molecule has 2 aromatic rings. The number of rotatable bonds is 2. The van der Waals surface area contributed by atoms with E-state index in [9.17, 15) is 0 Å². The van der Waals surface area contributed by atoms with E-state index in [1.165, 1.54) is 5.56 Å². The Bertz CT molecular complexity index is 454. The average molecular weight is 204 g/mol. The van der Waals surface area contributed by atoms with Gasteiger partial charge in [0, 0.05) is 11.9 Å². The fourth-order valence-corrected chi connectivity index (χ4v) is 1.94. The fourth-order valence-electron chi connectivity index (χ4n) is 1.49. The summed E-state index contributed by atoms with van der Waals surface area (Å²) < 4.78 is 0. The zero-order valence-corrected chi connectivity index (χ0v) is 8.84. The lowest BCUT2D eigenvalue weighted by Crippen LogP contribution is -1.98. The van der Waals surface area contributed by atoms with E-state index in [0.29, 0.717) is 6.54 Å². The number of hydrogen-bond acceptors (Lipinski definition) is 3. The van der Waals surface area contributed by atoms with Gasteiger partial charge in [-0.2, -0.15) is 0 Å². The summed E-state index contributed by atoms with van der Waals surface area (Å²) in [7, 11) is 0. The minimum absolute atomic E-state index is 0.566. The third kappa shape index (κ3) is 1.61. The number of thioether (sulfide) groups is 1. The van der Waals surface area contributed by atoms with Gasteiger partial charge in [0.1, 0.15) is 0 Å². The van der Waals surface area contributed by atoms with Crippen molar-refractivity contribution in [2.24, 2.45) is 5.73 Å². The summed E-state index contributed by atoms with van der Waals surface area (Å²) in [5.41, 5.74) is 7.90. The lowest BCUT2D eigenvalue weighted by atomic mass is 10.1. The van der Waals surface area contributed by atoms with E-state index in [0.717, 1.165) is 15.9 Å². The van der Waals surface area contributed by atoms with Crippen LogP contribution < -0.4 is 5.73 Å². The van der Waals surface area contributed by atoms with Gasteiger partial charge in [-0.25, -0.2) is 4.98 Å². The molecule has 0 saturated carbocycles. The molecule has 0 spiro atoms. The number of nitrogens with two attached hydrogens (primary N) is 1. The summed E-state index contributed by atoms with van der Waals surface area (Å²) in [6.45, 7) is 0.566. The molecule has 0 radical (unpaired) electrons. The van der Waals surface area contributed by atoms with Gasteiger partial charge in [0.25, 0.3) is 0 Å². The first-order valence-electron chi connectivity index (χ1n) is 4.48. The monoisotopic (exact) mass is 204 g/mol. The highest BCUT2D eigenvalue weighted by molar-refractivity contribution is 7.98. The lowest BCUT2D eigenvalue weighted by Gasteiger charge is -2.05. The van der Waals surface area contributed by atoms with Crippen LogP contribution in [0.4, 0.5) is 0 Å². The van der Waals surface area contributed by atoms with Crippen LogP contribution in [-0.4, -0.2) is 11.2 Å². The molecule has 14 heavy (non-hydrogen) atoms. The van der Waals surface area contributed by atoms with Crippen LogP contribution in [0.5, 0.6) is 0 Å². The Labute approximate surface area is 87.5 Å². The molecule has 0 fully saturated rings. The second-order valence-corrected chi connectivity index (χ2v) is 3.87. The van der Waals surface area contributed by atoms with Crippen molar-refractivity contribution in [1.29, 1.82) is 0 Å². The Morgan fingerprint density at radius 1 is 1.36 bits per heavy atom. The number of nitrogens with zero attached hydrogens (tertiary/aromatic N) is 1. The van der Waals surface area contributed by atoms with Crippen LogP contribution >= 0.6 is 11.8 Å². The van der Waals surface area contributed by atoms with Crippen LogP contribution in [-0.2, 0) is 6.54 Å². The summed E-state index contributed by atoms with van der Waals surface area (Å²) in [5.74, 6) is 0. The molecular formula is C11H12N2S. The fraction of sp³-hybridized carbons (Fsp3) is 0.182.